The number of benzene rings is 1. The van der Waals surface area contributed by atoms with Gasteiger partial charge < -0.3 is 4.90 Å². The molecular formula is C20H20ClN3OS2. The first-order valence-corrected chi connectivity index (χ1v) is 11.2. The molecule has 27 heavy (non-hydrogen) atoms. The summed E-state index contributed by atoms with van der Waals surface area (Å²) >= 11 is 9.13. The number of fused-ring (bicyclic) bond motifs is 1. The first kappa shape index (κ1) is 18.7. The number of thiophene rings is 1. The number of rotatable bonds is 4. The predicted octanol–water partition coefficient (Wildman–Crippen LogP) is 5.36. The number of likely N-dealkylation sites (tertiary alicyclic amines) is 1. The summed E-state index contributed by atoms with van der Waals surface area (Å²) in [5.74, 6) is 1.33. The highest BCUT2D eigenvalue weighted by Crippen LogP contribution is 2.38. The van der Waals surface area contributed by atoms with Gasteiger partial charge in [0.2, 0.25) is 5.91 Å². The van der Waals surface area contributed by atoms with E-state index in [1.54, 1.807) is 17.7 Å². The molecule has 2 aromatic heterocycles. The summed E-state index contributed by atoms with van der Waals surface area (Å²) in [6.45, 7) is 3.99. The van der Waals surface area contributed by atoms with E-state index in [2.05, 4.69) is 22.3 Å². The van der Waals surface area contributed by atoms with E-state index in [0.29, 0.717) is 10.8 Å². The summed E-state index contributed by atoms with van der Waals surface area (Å²) in [5, 5.41) is 4.70. The van der Waals surface area contributed by atoms with Gasteiger partial charge in [-0.25, -0.2) is 9.97 Å². The molecular weight excluding hydrogens is 398 g/mol. The summed E-state index contributed by atoms with van der Waals surface area (Å²) in [5.41, 5.74) is 2.17. The van der Waals surface area contributed by atoms with Crippen LogP contribution in [0.2, 0.25) is 5.02 Å². The smallest absolute Gasteiger partial charge is 0.232 e. The quantitative estimate of drug-likeness (QED) is 0.423. The van der Waals surface area contributed by atoms with Gasteiger partial charge in [0.15, 0.2) is 0 Å². The van der Waals surface area contributed by atoms with Crippen LogP contribution in [0.5, 0.6) is 0 Å². The number of amides is 1. The Morgan fingerprint density at radius 3 is 2.74 bits per heavy atom. The van der Waals surface area contributed by atoms with Crippen LogP contribution >= 0.6 is 34.7 Å². The summed E-state index contributed by atoms with van der Waals surface area (Å²) in [6.07, 6.45) is 3.78. The average molecular weight is 418 g/mol. The minimum absolute atomic E-state index is 0.196. The second-order valence-corrected chi connectivity index (χ2v) is 9.13. The molecule has 0 bridgehead atoms. The number of carbonyl (C=O) groups excluding carboxylic acids is 1. The van der Waals surface area contributed by atoms with Crippen LogP contribution in [0.3, 0.4) is 0 Å². The van der Waals surface area contributed by atoms with Crippen molar-refractivity contribution in [3.05, 3.63) is 41.0 Å². The fraction of sp³-hybridized carbons (Fsp3) is 0.350. The minimum Gasteiger partial charge on any atom is -0.342 e. The highest BCUT2D eigenvalue weighted by molar-refractivity contribution is 8.00. The minimum atomic E-state index is 0.196. The molecule has 0 N–H and O–H groups in total. The van der Waals surface area contributed by atoms with Crippen molar-refractivity contribution in [2.45, 2.75) is 24.8 Å². The van der Waals surface area contributed by atoms with Crippen LogP contribution in [0, 0.1) is 5.92 Å². The normalized spacial score (nSPS) is 15.4. The monoisotopic (exact) mass is 417 g/mol. The molecule has 1 aromatic carbocycles. The van der Waals surface area contributed by atoms with Gasteiger partial charge in [-0.1, -0.05) is 42.4 Å². The molecule has 4 nitrogen and oxygen atoms in total. The fourth-order valence-electron chi connectivity index (χ4n) is 3.28. The van der Waals surface area contributed by atoms with Gasteiger partial charge in [-0.2, -0.15) is 0 Å². The number of hydrogen-bond donors (Lipinski definition) is 0. The first-order chi connectivity index (χ1) is 13.1. The van der Waals surface area contributed by atoms with Crippen LogP contribution in [-0.4, -0.2) is 39.6 Å². The summed E-state index contributed by atoms with van der Waals surface area (Å²) in [4.78, 5) is 24.4. The standard InChI is InChI=1S/C20H20ClN3OS2/c1-13-6-8-24(9-7-13)17(25)11-27-20-18-16(10-26-19(18)22-12-23-20)14-2-4-15(21)5-3-14/h2-5,10,12-13H,6-9,11H2,1H3. The molecule has 7 heteroatoms. The van der Waals surface area contributed by atoms with Gasteiger partial charge in [0.25, 0.3) is 0 Å². The molecule has 1 fully saturated rings. The van der Waals surface area contributed by atoms with Crippen molar-refractivity contribution in [2.24, 2.45) is 5.92 Å². The van der Waals surface area contributed by atoms with E-state index in [1.807, 2.05) is 29.2 Å². The summed E-state index contributed by atoms with van der Waals surface area (Å²) < 4.78 is 0. The van der Waals surface area contributed by atoms with Crippen LogP contribution in [0.25, 0.3) is 21.3 Å². The van der Waals surface area contributed by atoms with Crippen molar-refractivity contribution in [1.29, 1.82) is 0 Å². The van der Waals surface area contributed by atoms with E-state index < -0.39 is 0 Å². The molecule has 0 saturated carbocycles. The van der Waals surface area contributed by atoms with E-state index in [4.69, 9.17) is 11.6 Å². The topological polar surface area (TPSA) is 46.1 Å². The van der Waals surface area contributed by atoms with Crippen molar-refractivity contribution in [1.82, 2.24) is 14.9 Å². The molecule has 3 heterocycles. The number of aromatic nitrogens is 2. The number of piperidine rings is 1. The van der Waals surface area contributed by atoms with E-state index in [1.165, 1.54) is 11.8 Å². The van der Waals surface area contributed by atoms with Crippen molar-refractivity contribution in [2.75, 3.05) is 18.8 Å². The lowest BCUT2D eigenvalue weighted by Crippen LogP contribution is -2.38. The molecule has 140 valence electrons. The lowest BCUT2D eigenvalue weighted by Gasteiger charge is -2.30. The predicted molar refractivity (Wildman–Crippen MR) is 114 cm³/mol. The Kier molecular flexibility index (Phi) is 5.66. The highest BCUT2D eigenvalue weighted by atomic mass is 35.5. The molecule has 0 atom stereocenters. The maximum Gasteiger partial charge on any atom is 0.232 e. The highest BCUT2D eigenvalue weighted by Gasteiger charge is 2.21. The van der Waals surface area contributed by atoms with Crippen molar-refractivity contribution >= 4 is 50.8 Å². The van der Waals surface area contributed by atoms with Gasteiger partial charge in [0, 0.05) is 29.1 Å². The number of thioether (sulfide) groups is 1. The zero-order valence-electron chi connectivity index (χ0n) is 15.0. The van der Waals surface area contributed by atoms with E-state index in [-0.39, 0.29) is 5.91 Å². The fourth-order valence-corrected chi connectivity index (χ4v) is 5.30. The molecule has 0 radical (unpaired) electrons. The molecule has 0 unspecified atom stereocenters. The molecule has 1 aliphatic heterocycles. The Bertz CT molecular complexity index is 950. The van der Waals surface area contributed by atoms with E-state index in [0.717, 1.165) is 58.2 Å². The van der Waals surface area contributed by atoms with Crippen LogP contribution in [-0.2, 0) is 4.79 Å². The Balaban J connectivity index is 1.56. The van der Waals surface area contributed by atoms with Gasteiger partial charge in [-0.15, -0.1) is 11.3 Å². The van der Waals surface area contributed by atoms with E-state index in [9.17, 15) is 4.79 Å². The van der Waals surface area contributed by atoms with Gasteiger partial charge in [-0.3, -0.25) is 4.79 Å². The van der Waals surface area contributed by atoms with E-state index >= 15 is 0 Å². The third kappa shape index (κ3) is 4.13. The molecule has 1 amide bonds. The van der Waals surface area contributed by atoms with Crippen molar-refractivity contribution in [3.8, 4) is 11.1 Å². The molecule has 0 spiro atoms. The van der Waals surface area contributed by atoms with Gasteiger partial charge >= 0.3 is 0 Å². The second kappa shape index (κ2) is 8.17. The lowest BCUT2D eigenvalue weighted by molar-refractivity contribution is -0.129. The molecule has 4 rings (SSSR count). The van der Waals surface area contributed by atoms with Gasteiger partial charge in [0.05, 0.1) is 11.1 Å². The molecule has 1 aliphatic rings. The van der Waals surface area contributed by atoms with Crippen LogP contribution in [0.1, 0.15) is 19.8 Å². The summed E-state index contributed by atoms with van der Waals surface area (Å²) in [6, 6.07) is 7.78. The summed E-state index contributed by atoms with van der Waals surface area (Å²) in [7, 11) is 0. The zero-order chi connectivity index (χ0) is 18.8. The van der Waals surface area contributed by atoms with Crippen LogP contribution in [0.4, 0.5) is 0 Å². The SMILES string of the molecule is CC1CCN(C(=O)CSc2ncnc3scc(-c4ccc(Cl)cc4)c23)CC1. The number of nitrogens with zero attached hydrogens (tertiary/aromatic N) is 3. The number of carbonyl (C=O) groups is 1. The van der Waals surface area contributed by atoms with Gasteiger partial charge in [0.1, 0.15) is 16.2 Å². The molecule has 0 aliphatic carbocycles. The lowest BCUT2D eigenvalue weighted by atomic mass is 9.99. The average Bonchev–Trinajstić information content (AvgIpc) is 3.12. The molecule has 3 aromatic rings. The zero-order valence-corrected chi connectivity index (χ0v) is 17.4. The Morgan fingerprint density at radius 2 is 2.00 bits per heavy atom. The Labute approximate surface area is 172 Å². The van der Waals surface area contributed by atoms with Crippen molar-refractivity contribution < 1.29 is 4.79 Å². The third-order valence-electron chi connectivity index (χ3n) is 4.96. The maximum atomic E-state index is 12.6. The Hall–Kier alpha value is -1.63. The Morgan fingerprint density at radius 1 is 1.26 bits per heavy atom. The second-order valence-electron chi connectivity index (χ2n) is 6.87. The molecule has 1 saturated heterocycles. The van der Waals surface area contributed by atoms with Crippen LogP contribution in [0.15, 0.2) is 41.0 Å². The van der Waals surface area contributed by atoms with Gasteiger partial charge in [-0.05, 0) is 36.5 Å². The largest absolute Gasteiger partial charge is 0.342 e. The third-order valence-corrected chi connectivity index (χ3v) is 7.07. The number of halogens is 1. The first-order valence-electron chi connectivity index (χ1n) is 9.00. The van der Waals surface area contributed by atoms with Crippen molar-refractivity contribution in [3.63, 3.8) is 0 Å². The number of hydrogen-bond acceptors (Lipinski definition) is 5. The maximum absolute atomic E-state index is 12.6. The van der Waals surface area contributed by atoms with Crippen LogP contribution < -0.4 is 0 Å².